The zero-order valence-electron chi connectivity index (χ0n) is 9.96. The Bertz CT molecular complexity index is 554. The third-order valence-corrected chi connectivity index (χ3v) is 5.22. The average Bonchev–Trinajstić information content (AvgIpc) is 2.32. The molecule has 3 heteroatoms. The normalized spacial score (nSPS) is 12.4. The first kappa shape index (κ1) is 14.4. The molecule has 0 amide bonds. The van der Waals surface area contributed by atoms with Crippen molar-refractivity contribution in [1.29, 1.82) is 0 Å². The summed E-state index contributed by atoms with van der Waals surface area (Å²) in [7, 11) is 0. The summed E-state index contributed by atoms with van der Waals surface area (Å²) in [5.41, 5.74) is 3.76. The van der Waals surface area contributed by atoms with Crippen LogP contribution in [0.4, 0.5) is 0 Å². The van der Waals surface area contributed by atoms with Gasteiger partial charge in [-0.25, -0.2) is 0 Å². The van der Waals surface area contributed by atoms with E-state index in [2.05, 4.69) is 75.8 Å². The van der Waals surface area contributed by atoms with E-state index in [0.29, 0.717) is 0 Å². The van der Waals surface area contributed by atoms with Crippen LogP contribution in [-0.4, -0.2) is 0 Å². The molecule has 0 spiro atoms. The van der Waals surface area contributed by atoms with E-state index in [1.54, 1.807) is 0 Å². The Morgan fingerprint density at radius 3 is 2.67 bits per heavy atom. The Kier molecular flexibility index (Phi) is 5.10. The fraction of sp³-hybridized carbons (Fsp3) is 0.200. The molecule has 0 saturated carbocycles. The third kappa shape index (κ3) is 3.49. The Morgan fingerprint density at radius 1 is 1.22 bits per heavy atom. The zero-order chi connectivity index (χ0) is 13.1. The second kappa shape index (κ2) is 6.40. The quantitative estimate of drug-likeness (QED) is 0.417. The van der Waals surface area contributed by atoms with E-state index in [1.165, 1.54) is 20.3 Å². The van der Waals surface area contributed by atoms with Crippen LogP contribution in [0.1, 0.15) is 22.1 Å². The highest BCUT2D eigenvalue weighted by molar-refractivity contribution is 14.1. The topological polar surface area (TPSA) is 0 Å². The third-order valence-electron chi connectivity index (χ3n) is 2.86. The predicted molar refractivity (Wildman–Crippen MR) is 90.3 cm³/mol. The average molecular weight is 436 g/mol. The summed E-state index contributed by atoms with van der Waals surface area (Å²) in [5.74, 6) is 0. The van der Waals surface area contributed by atoms with Gasteiger partial charge in [0.25, 0.3) is 0 Å². The zero-order valence-corrected chi connectivity index (χ0v) is 14.5. The molecule has 0 saturated heterocycles. The van der Waals surface area contributed by atoms with Gasteiger partial charge in [-0.05, 0) is 64.8 Å². The van der Waals surface area contributed by atoms with Crippen LogP contribution < -0.4 is 0 Å². The van der Waals surface area contributed by atoms with Crippen molar-refractivity contribution < 1.29 is 0 Å². The van der Waals surface area contributed by atoms with Gasteiger partial charge in [0, 0.05) is 8.04 Å². The van der Waals surface area contributed by atoms with Gasteiger partial charge in [0.1, 0.15) is 0 Å². The van der Waals surface area contributed by atoms with Crippen molar-refractivity contribution >= 4 is 50.1 Å². The van der Waals surface area contributed by atoms with Crippen molar-refractivity contribution in [2.45, 2.75) is 18.7 Å². The minimum Gasteiger partial charge on any atom is -0.117 e. The number of hydrogen-bond acceptors (Lipinski definition) is 0. The monoisotopic (exact) mass is 434 g/mol. The van der Waals surface area contributed by atoms with E-state index < -0.39 is 0 Å². The number of halogens is 3. The van der Waals surface area contributed by atoms with Crippen molar-refractivity contribution in [3.8, 4) is 0 Å². The van der Waals surface area contributed by atoms with Crippen LogP contribution in [0.25, 0.3) is 0 Å². The Hall–Kier alpha value is -0.0600. The molecule has 0 bridgehead atoms. The summed E-state index contributed by atoms with van der Waals surface area (Å²) < 4.78 is 2.37. The van der Waals surface area contributed by atoms with E-state index in [1.807, 2.05) is 12.1 Å². The van der Waals surface area contributed by atoms with Gasteiger partial charge in [0.2, 0.25) is 0 Å². The molecule has 0 fully saturated rings. The first-order valence-electron chi connectivity index (χ1n) is 5.71. The largest absolute Gasteiger partial charge is 0.117 e. The predicted octanol–water partition coefficient (Wildman–Crippen LogP) is 5.88. The maximum Gasteiger partial charge on any atom is 0.0636 e. The van der Waals surface area contributed by atoms with E-state index in [0.717, 1.165) is 10.9 Å². The Balaban J connectivity index is 2.22. The standard InChI is InChI=1S/C15H13BrClI/c1-10-4-2-7-13(15(10)18)14(17)9-11-5-3-6-12(16)8-11/h2-8,14H,9H2,1H3. The maximum atomic E-state index is 6.55. The van der Waals surface area contributed by atoms with Gasteiger partial charge in [-0.2, -0.15) is 0 Å². The lowest BCUT2D eigenvalue weighted by molar-refractivity contribution is 0.910. The highest BCUT2D eigenvalue weighted by atomic mass is 127. The lowest BCUT2D eigenvalue weighted by atomic mass is 10.0. The molecule has 2 rings (SSSR count). The van der Waals surface area contributed by atoms with Gasteiger partial charge in [-0.15, -0.1) is 11.6 Å². The molecule has 2 aromatic rings. The summed E-state index contributed by atoms with van der Waals surface area (Å²) in [4.78, 5) is 0. The van der Waals surface area contributed by atoms with Gasteiger partial charge in [-0.3, -0.25) is 0 Å². The van der Waals surface area contributed by atoms with Crippen molar-refractivity contribution in [3.05, 3.63) is 67.2 Å². The van der Waals surface area contributed by atoms with Crippen LogP contribution in [0.15, 0.2) is 46.9 Å². The van der Waals surface area contributed by atoms with Gasteiger partial charge >= 0.3 is 0 Å². The summed E-state index contributed by atoms with van der Waals surface area (Å²) in [6, 6.07) is 14.6. The first-order valence-corrected chi connectivity index (χ1v) is 8.02. The molecule has 0 aromatic heterocycles. The molecule has 0 aliphatic rings. The van der Waals surface area contributed by atoms with E-state index >= 15 is 0 Å². The van der Waals surface area contributed by atoms with Gasteiger partial charge < -0.3 is 0 Å². The Morgan fingerprint density at radius 2 is 1.94 bits per heavy atom. The minimum absolute atomic E-state index is 0.0195. The maximum absolute atomic E-state index is 6.55. The molecule has 0 aliphatic carbocycles. The highest BCUT2D eigenvalue weighted by Gasteiger charge is 2.13. The van der Waals surface area contributed by atoms with Crippen LogP contribution in [-0.2, 0) is 6.42 Å². The van der Waals surface area contributed by atoms with Crippen LogP contribution in [0.2, 0.25) is 0 Å². The Labute approximate surface area is 135 Å². The first-order chi connectivity index (χ1) is 8.58. The molecule has 94 valence electrons. The van der Waals surface area contributed by atoms with Crippen molar-refractivity contribution in [3.63, 3.8) is 0 Å². The number of aryl methyl sites for hydroxylation is 1. The number of hydrogen-bond donors (Lipinski definition) is 0. The van der Waals surface area contributed by atoms with Crippen LogP contribution in [0, 0.1) is 10.5 Å². The minimum atomic E-state index is 0.0195. The fourth-order valence-corrected chi connectivity index (χ4v) is 3.62. The molecular weight excluding hydrogens is 422 g/mol. The van der Waals surface area contributed by atoms with E-state index in [4.69, 9.17) is 11.6 Å². The smallest absolute Gasteiger partial charge is 0.0636 e. The molecule has 2 aromatic carbocycles. The summed E-state index contributed by atoms with van der Waals surface area (Å²) in [6.07, 6.45) is 0.848. The van der Waals surface area contributed by atoms with Gasteiger partial charge in [-0.1, -0.05) is 46.3 Å². The summed E-state index contributed by atoms with van der Waals surface area (Å²) in [5, 5.41) is 0.0195. The molecule has 18 heavy (non-hydrogen) atoms. The van der Waals surface area contributed by atoms with Crippen LogP contribution in [0.3, 0.4) is 0 Å². The van der Waals surface area contributed by atoms with Crippen molar-refractivity contribution in [2.24, 2.45) is 0 Å². The second-order valence-electron chi connectivity index (χ2n) is 4.28. The molecule has 0 N–H and O–H groups in total. The highest BCUT2D eigenvalue weighted by Crippen LogP contribution is 2.30. The van der Waals surface area contributed by atoms with E-state index in [9.17, 15) is 0 Å². The van der Waals surface area contributed by atoms with Crippen LogP contribution >= 0.6 is 50.1 Å². The van der Waals surface area contributed by atoms with E-state index in [-0.39, 0.29) is 5.38 Å². The second-order valence-corrected chi connectivity index (χ2v) is 6.80. The van der Waals surface area contributed by atoms with Gasteiger partial charge in [0.15, 0.2) is 0 Å². The van der Waals surface area contributed by atoms with Crippen LogP contribution in [0.5, 0.6) is 0 Å². The van der Waals surface area contributed by atoms with Crippen molar-refractivity contribution in [2.75, 3.05) is 0 Å². The molecule has 1 atom stereocenters. The number of benzene rings is 2. The number of rotatable bonds is 3. The molecule has 0 aliphatic heterocycles. The molecule has 0 nitrogen and oxygen atoms in total. The summed E-state index contributed by atoms with van der Waals surface area (Å²) >= 11 is 12.4. The molecular formula is C15H13BrClI. The van der Waals surface area contributed by atoms with Crippen molar-refractivity contribution in [1.82, 2.24) is 0 Å². The van der Waals surface area contributed by atoms with Gasteiger partial charge in [0.05, 0.1) is 5.38 Å². The molecule has 0 radical (unpaired) electrons. The molecule has 1 unspecified atom stereocenters. The molecule has 0 heterocycles. The fourth-order valence-electron chi connectivity index (χ4n) is 1.89. The lowest BCUT2D eigenvalue weighted by Gasteiger charge is -2.13. The SMILES string of the molecule is Cc1cccc(C(Cl)Cc2cccc(Br)c2)c1I. The number of alkyl halides is 1. The lowest BCUT2D eigenvalue weighted by Crippen LogP contribution is -1.99. The summed E-state index contributed by atoms with van der Waals surface area (Å²) in [6.45, 7) is 2.12.